The van der Waals surface area contributed by atoms with Gasteiger partial charge in [0, 0.05) is 12.1 Å². The Labute approximate surface area is 100 Å². The average Bonchev–Trinajstić information content (AvgIpc) is 2.26. The maximum Gasteiger partial charge on any atom is 0.416 e. The normalized spacial score (nSPS) is 12.8. The molecule has 0 aliphatic rings. The van der Waals surface area contributed by atoms with Gasteiger partial charge < -0.3 is 5.32 Å². The van der Waals surface area contributed by atoms with Gasteiger partial charge in [-0.15, -0.1) is 0 Å². The summed E-state index contributed by atoms with van der Waals surface area (Å²) in [7, 11) is 0. The molecule has 1 aromatic rings. The molecule has 96 valence electrons. The molecule has 0 heterocycles. The van der Waals surface area contributed by atoms with E-state index in [-0.39, 0.29) is 12.1 Å². The lowest BCUT2D eigenvalue weighted by Gasteiger charge is -2.25. The van der Waals surface area contributed by atoms with Crippen LogP contribution in [0.3, 0.4) is 0 Å². The molecule has 0 bridgehead atoms. The Balaban J connectivity index is 2.85. The van der Waals surface area contributed by atoms with Crippen molar-refractivity contribution in [2.24, 2.45) is 0 Å². The Hall–Kier alpha value is -1.03. The van der Waals surface area contributed by atoms with Gasteiger partial charge in [-0.2, -0.15) is 13.2 Å². The molecule has 0 spiro atoms. The number of alkyl halides is 3. The summed E-state index contributed by atoms with van der Waals surface area (Å²) in [5.74, 6) is 0. The first-order chi connectivity index (χ1) is 7.76. The van der Waals surface area contributed by atoms with Crippen LogP contribution in [0.4, 0.5) is 13.2 Å². The van der Waals surface area contributed by atoms with Crippen molar-refractivity contribution in [3.8, 4) is 0 Å². The topological polar surface area (TPSA) is 12.0 Å². The minimum atomic E-state index is -4.28. The first-order valence-electron chi connectivity index (χ1n) is 5.66. The maximum atomic E-state index is 12.7. The van der Waals surface area contributed by atoms with Crippen LogP contribution in [-0.4, -0.2) is 5.54 Å². The van der Waals surface area contributed by atoms with Crippen molar-refractivity contribution in [2.45, 2.75) is 45.5 Å². The van der Waals surface area contributed by atoms with E-state index in [9.17, 15) is 13.2 Å². The van der Waals surface area contributed by atoms with Gasteiger partial charge in [-0.05, 0) is 31.9 Å². The fourth-order valence-corrected chi connectivity index (χ4v) is 1.41. The number of halogens is 3. The summed E-state index contributed by atoms with van der Waals surface area (Å²) in [6.45, 7) is 6.19. The number of nitrogens with one attached hydrogen (secondary N) is 1. The molecule has 0 amide bonds. The van der Waals surface area contributed by atoms with E-state index in [4.69, 9.17) is 0 Å². The van der Waals surface area contributed by atoms with Gasteiger partial charge in [0.15, 0.2) is 0 Å². The number of benzene rings is 1. The summed E-state index contributed by atoms with van der Waals surface area (Å²) in [5, 5.41) is 3.14. The summed E-state index contributed by atoms with van der Waals surface area (Å²) in [4.78, 5) is 0. The Morgan fingerprint density at radius 1 is 1.12 bits per heavy atom. The molecule has 0 saturated heterocycles. The van der Waals surface area contributed by atoms with Crippen LogP contribution in [0.15, 0.2) is 24.3 Å². The van der Waals surface area contributed by atoms with Gasteiger partial charge in [0.25, 0.3) is 0 Å². The lowest BCUT2D eigenvalue weighted by molar-refractivity contribution is -0.138. The molecule has 0 saturated carbocycles. The number of hydrogen-bond donors (Lipinski definition) is 1. The van der Waals surface area contributed by atoms with Crippen molar-refractivity contribution < 1.29 is 13.2 Å². The minimum absolute atomic E-state index is 0.154. The van der Waals surface area contributed by atoms with E-state index in [0.717, 1.165) is 12.5 Å². The molecule has 0 fully saturated rings. The van der Waals surface area contributed by atoms with Crippen molar-refractivity contribution in [3.63, 3.8) is 0 Å². The largest absolute Gasteiger partial charge is 0.416 e. The summed E-state index contributed by atoms with van der Waals surface area (Å²) in [6, 6.07) is 5.68. The standard InChI is InChI=1S/C13H18F3N/c1-4-12(2,3)17-9-10-7-5-6-8-11(10)13(14,15)16/h5-8,17H,4,9H2,1-3H3. The van der Waals surface area contributed by atoms with Crippen LogP contribution in [0, 0.1) is 0 Å². The molecular formula is C13H18F3N. The molecule has 4 heteroatoms. The molecule has 0 aromatic heterocycles. The molecule has 1 N–H and O–H groups in total. The van der Waals surface area contributed by atoms with Crippen LogP contribution in [0.1, 0.15) is 38.3 Å². The van der Waals surface area contributed by atoms with Crippen LogP contribution >= 0.6 is 0 Å². The SMILES string of the molecule is CCC(C)(C)NCc1ccccc1C(F)(F)F. The van der Waals surface area contributed by atoms with Crippen LogP contribution in [0.2, 0.25) is 0 Å². The lowest BCUT2D eigenvalue weighted by atomic mass is 10.0. The summed E-state index contributed by atoms with van der Waals surface area (Å²) in [6.07, 6.45) is -3.42. The highest BCUT2D eigenvalue weighted by Crippen LogP contribution is 2.31. The van der Waals surface area contributed by atoms with Gasteiger partial charge in [0.1, 0.15) is 0 Å². The fourth-order valence-electron chi connectivity index (χ4n) is 1.41. The first-order valence-corrected chi connectivity index (χ1v) is 5.66. The van der Waals surface area contributed by atoms with E-state index in [1.165, 1.54) is 12.1 Å². The molecule has 1 aromatic carbocycles. The van der Waals surface area contributed by atoms with E-state index in [1.807, 2.05) is 20.8 Å². The molecule has 1 rings (SSSR count). The van der Waals surface area contributed by atoms with Gasteiger partial charge in [0.05, 0.1) is 5.56 Å². The van der Waals surface area contributed by atoms with E-state index in [0.29, 0.717) is 5.56 Å². The third-order valence-electron chi connectivity index (χ3n) is 2.96. The predicted octanol–water partition coefficient (Wildman–Crippen LogP) is 3.98. The van der Waals surface area contributed by atoms with Gasteiger partial charge in [-0.25, -0.2) is 0 Å². The van der Waals surface area contributed by atoms with E-state index < -0.39 is 11.7 Å². The van der Waals surface area contributed by atoms with Gasteiger partial charge in [0.2, 0.25) is 0 Å². The molecular weight excluding hydrogens is 227 g/mol. The summed E-state index contributed by atoms with van der Waals surface area (Å²) >= 11 is 0. The minimum Gasteiger partial charge on any atom is -0.308 e. The average molecular weight is 245 g/mol. The van der Waals surface area contributed by atoms with Crippen LogP contribution in [0.25, 0.3) is 0 Å². The Morgan fingerprint density at radius 2 is 1.71 bits per heavy atom. The van der Waals surface area contributed by atoms with Crippen LogP contribution in [0.5, 0.6) is 0 Å². The number of hydrogen-bond acceptors (Lipinski definition) is 1. The highest BCUT2D eigenvalue weighted by atomic mass is 19.4. The fraction of sp³-hybridized carbons (Fsp3) is 0.538. The Morgan fingerprint density at radius 3 is 2.24 bits per heavy atom. The van der Waals surface area contributed by atoms with Crippen LogP contribution < -0.4 is 5.32 Å². The molecule has 1 nitrogen and oxygen atoms in total. The van der Waals surface area contributed by atoms with E-state index >= 15 is 0 Å². The smallest absolute Gasteiger partial charge is 0.308 e. The molecule has 0 atom stereocenters. The van der Waals surface area contributed by atoms with Crippen molar-refractivity contribution in [1.82, 2.24) is 5.32 Å². The van der Waals surface area contributed by atoms with Gasteiger partial charge in [-0.1, -0.05) is 25.1 Å². The van der Waals surface area contributed by atoms with Crippen molar-refractivity contribution in [3.05, 3.63) is 35.4 Å². The van der Waals surface area contributed by atoms with E-state index in [2.05, 4.69) is 5.32 Å². The van der Waals surface area contributed by atoms with Crippen molar-refractivity contribution >= 4 is 0 Å². The second kappa shape index (κ2) is 5.08. The zero-order valence-corrected chi connectivity index (χ0v) is 10.4. The first kappa shape index (κ1) is 14.0. The lowest BCUT2D eigenvalue weighted by Crippen LogP contribution is -2.38. The van der Waals surface area contributed by atoms with Crippen LogP contribution in [-0.2, 0) is 12.7 Å². The second-order valence-corrected chi connectivity index (χ2v) is 4.75. The molecule has 0 aliphatic carbocycles. The molecule has 17 heavy (non-hydrogen) atoms. The molecule has 0 unspecified atom stereocenters. The highest BCUT2D eigenvalue weighted by molar-refractivity contribution is 5.29. The maximum absolute atomic E-state index is 12.7. The van der Waals surface area contributed by atoms with Crippen molar-refractivity contribution in [2.75, 3.05) is 0 Å². The Bertz CT molecular complexity index is 369. The summed E-state index contributed by atoms with van der Waals surface area (Å²) in [5.41, 5.74) is -0.417. The van der Waals surface area contributed by atoms with E-state index in [1.54, 1.807) is 6.07 Å². The molecule has 0 radical (unpaired) electrons. The number of rotatable bonds is 4. The zero-order chi connectivity index (χ0) is 13.1. The quantitative estimate of drug-likeness (QED) is 0.846. The predicted molar refractivity (Wildman–Crippen MR) is 62.7 cm³/mol. The van der Waals surface area contributed by atoms with Crippen molar-refractivity contribution in [1.29, 1.82) is 0 Å². The van der Waals surface area contributed by atoms with Gasteiger partial charge >= 0.3 is 6.18 Å². The third kappa shape index (κ3) is 4.04. The Kier molecular flexibility index (Phi) is 4.20. The second-order valence-electron chi connectivity index (χ2n) is 4.75. The highest BCUT2D eigenvalue weighted by Gasteiger charge is 2.32. The van der Waals surface area contributed by atoms with Gasteiger partial charge in [-0.3, -0.25) is 0 Å². The third-order valence-corrected chi connectivity index (χ3v) is 2.96. The summed E-state index contributed by atoms with van der Waals surface area (Å²) < 4.78 is 38.2. The monoisotopic (exact) mass is 245 g/mol. The molecule has 0 aliphatic heterocycles. The zero-order valence-electron chi connectivity index (χ0n) is 10.4.